The first-order chi connectivity index (χ1) is 15.0. The lowest BCUT2D eigenvalue weighted by Crippen LogP contribution is -2.32. The van der Waals surface area contributed by atoms with Crippen LogP contribution in [-0.4, -0.2) is 26.0 Å². The molecule has 1 aliphatic heterocycles. The van der Waals surface area contributed by atoms with Gasteiger partial charge in [0.2, 0.25) is 0 Å². The first-order valence-corrected chi connectivity index (χ1v) is 9.77. The maximum absolute atomic E-state index is 13.5. The molecule has 2 amide bonds. The number of hydrogen-bond donors (Lipinski definition) is 1. The molecule has 1 N–H and O–H groups in total. The smallest absolute Gasteiger partial charge is 0.282 e. The summed E-state index contributed by atoms with van der Waals surface area (Å²) in [5, 5.41) is 3.17. The molecule has 31 heavy (non-hydrogen) atoms. The SMILES string of the molecule is COc1ccc(C2=C(Nc3cccc(C)c3)C(=O)N(c3ccccc3OC)C2=O)cc1. The molecular formula is C25H22N2O4. The molecule has 3 aromatic carbocycles. The van der Waals surface area contributed by atoms with Crippen molar-refractivity contribution in [3.05, 3.63) is 89.6 Å². The molecule has 6 heteroatoms. The van der Waals surface area contributed by atoms with Crippen LogP contribution in [-0.2, 0) is 9.59 Å². The summed E-state index contributed by atoms with van der Waals surface area (Å²) in [7, 11) is 3.08. The number of anilines is 2. The van der Waals surface area contributed by atoms with Crippen LogP contribution in [0.15, 0.2) is 78.5 Å². The summed E-state index contributed by atoms with van der Waals surface area (Å²) in [5.74, 6) is 0.239. The molecule has 0 aliphatic carbocycles. The monoisotopic (exact) mass is 414 g/mol. The number of hydrogen-bond acceptors (Lipinski definition) is 5. The van der Waals surface area contributed by atoms with Crippen LogP contribution in [0.3, 0.4) is 0 Å². The van der Waals surface area contributed by atoms with Crippen LogP contribution in [0.5, 0.6) is 11.5 Å². The second-order valence-electron chi connectivity index (χ2n) is 7.09. The van der Waals surface area contributed by atoms with E-state index in [0.29, 0.717) is 28.3 Å². The van der Waals surface area contributed by atoms with Gasteiger partial charge in [0.15, 0.2) is 0 Å². The number of nitrogens with one attached hydrogen (secondary N) is 1. The van der Waals surface area contributed by atoms with Crippen LogP contribution >= 0.6 is 0 Å². The molecule has 0 saturated carbocycles. The fourth-order valence-electron chi connectivity index (χ4n) is 3.57. The van der Waals surface area contributed by atoms with Gasteiger partial charge in [-0.15, -0.1) is 0 Å². The van der Waals surface area contributed by atoms with E-state index in [9.17, 15) is 9.59 Å². The van der Waals surface area contributed by atoms with Gasteiger partial charge in [-0.2, -0.15) is 0 Å². The average Bonchev–Trinajstić information content (AvgIpc) is 3.03. The number of carbonyl (C=O) groups excluding carboxylic acids is 2. The first-order valence-electron chi connectivity index (χ1n) is 9.77. The molecular weight excluding hydrogens is 392 g/mol. The summed E-state index contributed by atoms with van der Waals surface area (Å²) in [6.45, 7) is 1.96. The molecule has 156 valence electrons. The minimum Gasteiger partial charge on any atom is -0.497 e. The molecule has 4 rings (SSSR count). The lowest BCUT2D eigenvalue weighted by Gasteiger charge is -2.18. The average molecular weight is 414 g/mol. The Bertz CT molecular complexity index is 1180. The van der Waals surface area contributed by atoms with Crippen molar-refractivity contribution in [3.8, 4) is 11.5 Å². The van der Waals surface area contributed by atoms with Gasteiger partial charge in [-0.1, -0.05) is 36.4 Å². The Morgan fingerprint density at radius 2 is 1.55 bits per heavy atom. The third kappa shape index (κ3) is 3.75. The van der Waals surface area contributed by atoms with E-state index in [1.165, 1.54) is 7.11 Å². The Hall–Kier alpha value is -4.06. The highest BCUT2D eigenvalue weighted by Gasteiger charge is 2.41. The summed E-state index contributed by atoms with van der Waals surface area (Å²) in [4.78, 5) is 28.2. The largest absolute Gasteiger partial charge is 0.497 e. The van der Waals surface area contributed by atoms with Gasteiger partial charge < -0.3 is 14.8 Å². The van der Waals surface area contributed by atoms with Gasteiger partial charge >= 0.3 is 0 Å². The van der Waals surface area contributed by atoms with E-state index in [1.54, 1.807) is 55.6 Å². The van der Waals surface area contributed by atoms with E-state index in [4.69, 9.17) is 9.47 Å². The Morgan fingerprint density at radius 1 is 0.806 bits per heavy atom. The summed E-state index contributed by atoms with van der Waals surface area (Å²) in [5.41, 5.74) is 3.28. The van der Waals surface area contributed by atoms with Crippen molar-refractivity contribution in [2.45, 2.75) is 6.92 Å². The molecule has 0 atom stereocenters. The van der Waals surface area contributed by atoms with Crippen LogP contribution in [0.4, 0.5) is 11.4 Å². The van der Waals surface area contributed by atoms with Crippen molar-refractivity contribution in [3.63, 3.8) is 0 Å². The summed E-state index contributed by atoms with van der Waals surface area (Å²) in [6.07, 6.45) is 0. The zero-order valence-corrected chi connectivity index (χ0v) is 17.5. The lowest BCUT2D eigenvalue weighted by atomic mass is 10.0. The topological polar surface area (TPSA) is 67.9 Å². The molecule has 0 saturated heterocycles. The van der Waals surface area contributed by atoms with E-state index >= 15 is 0 Å². The van der Waals surface area contributed by atoms with Crippen molar-refractivity contribution in [1.29, 1.82) is 0 Å². The molecule has 6 nitrogen and oxygen atoms in total. The van der Waals surface area contributed by atoms with Crippen molar-refractivity contribution in [2.75, 3.05) is 24.4 Å². The number of nitrogens with zero attached hydrogens (tertiary/aromatic N) is 1. The number of benzene rings is 3. The molecule has 0 radical (unpaired) electrons. The van der Waals surface area contributed by atoms with Crippen molar-refractivity contribution in [1.82, 2.24) is 0 Å². The van der Waals surface area contributed by atoms with Crippen molar-refractivity contribution in [2.24, 2.45) is 0 Å². The summed E-state index contributed by atoms with van der Waals surface area (Å²) in [6, 6.07) is 21.6. The maximum Gasteiger partial charge on any atom is 0.282 e. The minimum atomic E-state index is -0.443. The molecule has 1 heterocycles. The maximum atomic E-state index is 13.5. The highest BCUT2D eigenvalue weighted by Crippen LogP contribution is 2.38. The Kier molecular flexibility index (Phi) is 5.45. The molecule has 0 aromatic heterocycles. The van der Waals surface area contributed by atoms with E-state index in [1.807, 2.05) is 31.2 Å². The standard InChI is InChI=1S/C25H22N2O4/c1-16-7-6-8-18(15-16)26-23-22(17-11-13-19(30-2)14-12-17)24(28)27(25(23)29)20-9-4-5-10-21(20)31-3/h4-15,26H,1-3H3. The van der Waals surface area contributed by atoms with Gasteiger partial charge in [0.25, 0.3) is 11.8 Å². The summed E-state index contributed by atoms with van der Waals surface area (Å²) < 4.78 is 10.6. The van der Waals surface area contributed by atoms with Crippen LogP contribution in [0.1, 0.15) is 11.1 Å². The van der Waals surface area contributed by atoms with Crippen LogP contribution in [0, 0.1) is 6.92 Å². The zero-order valence-electron chi connectivity index (χ0n) is 17.5. The molecule has 0 unspecified atom stereocenters. The Labute approximate surface area is 180 Å². The van der Waals surface area contributed by atoms with E-state index in [0.717, 1.165) is 16.2 Å². The van der Waals surface area contributed by atoms with Crippen LogP contribution in [0.25, 0.3) is 5.57 Å². The predicted octanol–water partition coefficient (Wildman–Crippen LogP) is 4.41. The highest BCUT2D eigenvalue weighted by atomic mass is 16.5. The third-order valence-electron chi connectivity index (χ3n) is 5.08. The van der Waals surface area contributed by atoms with Gasteiger partial charge in [0.1, 0.15) is 17.2 Å². The van der Waals surface area contributed by atoms with Gasteiger partial charge in [-0.25, -0.2) is 4.90 Å². The molecule has 0 bridgehead atoms. The van der Waals surface area contributed by atoms with E-state index in [2.05, 4.69) is 5.32 Å². The molecule has 3 aromatic rings. The first kappa shape index (κ1) is 20.2. The Morgan fingerprint density at radius 3 is 2.23 bits per heavy atom. The van der Waals surface area contributed by atoms with Gasteiger partial charge in [-0.3, -0.25) is 9.59 Å². The second-order valence-corrected chi connectivity index (χ2v) is 7.09. The lowest BCUT2D eigenvalue weighted by molar-refractivity contribution is -0.120. The van der Waals surface area contributed by atoms with Crippen molar-refractivity contribution < 1.29 is 19.1 Å². The number of carbonyl (C=O) groups is 2. The number of ether oxygens (including phenoxy) is 2. The van der Waals surface area contributed by atoms with E-state index in [-0.39, 0.29) is 5.70 Å². The van der Waals surface area contributed by atoms with E-state index < -0.39 is 11.8 Å². The number of methoxy groups -OCH3 is 2. The third-order valence-corrected chi connectivity index (χ3v) is 5.08. The number of imide groups is 1. The molecule has 1 aliphatic rings. The zero-order chi connectivity index (χ0) is 22.0. The molecule has 0 spiro atoms. The van der Waals surface area contributed by atoms with Crippen LogP contribution < -0.4 is 19.7 Å². The molecule has 0 fully saturated rings. The van der Waals surface area contributed by atoms with Gasteiger partial charge in [-0.05, 0) is 54.4 Å². The summed E-state index contributed by atoms with van der Waals surface area (Å²) >= 11 is 0. The van der Waals surface area contributed by atoms with Gasteiger partial charge in [0.05, 0.1) is 25.5 Å². The fourth-order valence-corrected chi connectivity index (χ4v) is 3.57. The quantitative estimate of drug-likeness (QED) is 0.605. The predicted molar refractivity (Wildman–Crippen MR) is 120 cm³/mol. The fraction of sp³-hybridized carbons (Fsp3) is 0.120. The number of aryl methyl sites for hydroxylation is 1. The normalized spacial score (nSPS) is 13.6. The van der Waals surface area contributed by atoms with Crippen LogP contribution in [0.2, 0.25) is 0 Å². The second kappa shape index (κ2) is 8.36. The Balaban J connectivity index is 1.84. The number of para-hydroxylation sites is 2. The van der Waals surface area contributed by atoms with Gasteiger partial charge in [0, 0.05) is 5.69 Å². The number of amides is 2. The minimum absolute atomic E-state index is 0.215. The number of rotatable bonds is 6. The van der Waals surface area contributed by atoms with Crippen molar-refractivity contribution >= 4 is 28.8 Å². The highest BCUT2D eigenvalue weighted by molar-refractivity contribution is 6.46.